The van der Waals surface area contributed by atoms with E-state index in [1.165, 1.54) is 19.4 Å². The summed E-state index contributed by atoms with van der Waals surface area (Å²) in [7, 11) is 0. The van der Waals surface area contributed by atoms with E-state index in [9.17, 15) is 29.1 Å². The van der Waals surface area contributed by atoms with Gasteiger partial charge in [-0.2, -0.15) is 0 Å². The second-order valence-electron chi connectivity index (χ2n) is 8.03. The molecule has 0 aliphatic rings. The van der Waals surface area contributed by atoms with Gasteiger partial charge in [-0.3, -0.25) is 24.2 Å². The molecule has 36 heavy (non-hydrogen) atoms. The predicted octanol–water partition coefficient (Wildman–Crippen LogP) is -3.84. The molecule has 0 saturated carbocycles. The van der Waals surface area contributed by atoms with Crippen LogP contribution in [0.2, 0.25) is 0 Å². The van der Waals surface area contributed by atoms with Crippen LogP contribution in [0.25, 0.3) is 0 Å². The Bertz CT molecular complexity index is 931. The molecular weight excluding hydrogens is 476 g/mol. The first-order valence-electron chi connectivity index (χ1n) is 11.1. The number of amides is 4. The standard InChI is InChI=1S/C20H34N10O6/c1-10(28-17(33)12(21)7-11-8-25-9-27-11)16(32)29-13(3-2-6-26-20(23)24)18(34)30-14(19(35)36)4-5-15(22)31/h8-10,12-14H,2-7,21H2,1H3,(H2,22,31)(H,25,27)(H,28,33)(H,29,32)(H,30,34)(H,35,36)(H4,23,24,26). The van der Waals surface area contributed by atoms with E-state index in [1.807, 2.05) is 0 Å². The molecule has 0 saturated heterocycles. The van der Waals surface area contributed by atoms with Gasteiger partial charge in [-0.1, -0.05) is 0 Å². The molecule has 200 valence electrons. The Hall–Kier alpha value is -4.21. The number of carbonyl (C=O) groups is 5. The summed E-state index contributed by atoms with van der Waals surface area (Å²) in [5.41, 5.74) is 22.1. The number of aromatic nitrogens is 2. The van der Waals surface area contributed by atoms with Crippen LogP contribution in [-0.2, 0) is 30.4 Å². The van der Waals surface area contributed by atoms with E-state index in [0.717, 1.165) is 0 Å². The molecule has 0 bridgehead atoms. The molecule has 16 heteroatoms. The average Bonchev–Trinajstić information content (AvgIpc) is 3.30. The van der Waals surface area contributed by atoms with Crippen LogP contribution in [0.3, 0.4) is 0 Å². The van der Waals surface area contributed by atoms with Crippen molar-refractivity contribution in [1.82, 2.24) is 25.9 Å². The third-order valence-electron chi connectivity index (χ3n) is 4.96. The Balaban J connectivity index is 2.81. The number of aromatic amines is 1. The molecule has 1 heterocycles. The third-order valence-corrected chi connectivity index (χ3v) is 4.96. The summed E-state index contributed by atoms with van der Waals surface area (Å²) in [5.74, 6) is -4.36. The van der Waals surface area contributed by atoms with Gasteiger partial charge < -0.3 is 49.0 Å². The molecule has 0 aromatic carbocycles. The summed E-state index contributed by atoms with van der Waals surface area (Å²) in [6.45, 7) is 1.55. The van der Waals surface area contributed by atoms with Gasteiger partial charge in [0.15, 0.2) is 5.96 Å². The molecule has 4 atom stereocenters. The highest BCUT2D eigenvalue weighted by molar-refractivity contribution is 5.94. The minimum Gasteiger partial charge on any atom is -0.480 e. The van der Waals surface area contributed by atoms with E-state index in [1.54, 1.807) is 0 Å². The van der Waals surface area contributed by atoms with Crippen LogP contribution in [0.15, 0.2) is 17.5 Å². The van der Waals surface area contributed by atoms with Gasteiger partial charge in [0.25, 0.3) is 0 Å². The zero-order valence-electron chi connectivity index (χ0n) is 19.9. The van der Waals surface area contributed by atoms with Crippen LogP contribution < -0.4 is 38.9 Å². The Morgan fingerprint density at radius 1 is 1.03 bits per heavy atom. The van der Waals surface area contributed by atoms with Crippen LogP contribution in [0, 0.1) is 0 Å². The second kappa shape index (κ2) is 14.9. The Morgan fingerprint density at radius 2 is 1.69 bits per heavy atom. The number of nitrogens with two attached hydrogens (primary N) is 4. The van der Waals surface area contributed by atoms with E-state index < -0.39 is 53.8 Å². The number of H-pyrrole nitrogens is 1. The summed E-state index contributed by atoms with van der Waals surface area (Å²) in [5, 5.41) is 16.6. The highest BCUT2D eigenvalue weighted by atomic mass is 16.4. The number of carboxylic acids is 1. The Morgan fingerprint density at radius 3 is 2.25 bits per heavy atom. The predicted molar refractivity (Wildman–Crippen MR) is 128 cm³/mol. The van der Waals surface area contributed by atoms with Crippen molar-refractivity contribution < 1.29 is 29.1 Å². The topological polar surface area (TPSA) is 287 Å². The smallest absolute Gasteiger partial charge is 0.326 e. The Kier molecular flexibility index (Phi) is 12.4. The van der Waals surface area contributed by atoms with Crippen molar-refractivity contribution in [2.75, 3.05) is 6.54 Å². The SMILES string of the molecule is CC(NC(=O)C(N)Cc1cnc[nH]1)C(=O)NC(CCCN=C(N)N)C(=O)NC(CCC(N)=O)C(=O)O. The summed E-state index contributed by atoms with van der Waals surface area (Å²) in [6, 6.07) is -4.61. The van der Waals surface area contributed by atoms with Crippen LogP contribution >= 0.6 is 0 Å². The molecule has 0 radical (unpaired) electrons. The molecule has 4 unspecified atom stereocenters. The number of aliphatic imine (C=N–C) groups is 1. The molecule has 0 spiro atoms. The average molecular weight is 511 g/mol. The molecular formula is C20H34N10O6. The fourth-order valence-electron chi connectivity index (χ4n) is 3.00. The number of aliphatic carboxylic acids is 1. The number of carboxylic acid groups (broad SMARTS) is 1. The molecule has 1 aromatic rings. The number of hydrogen-bond donors (Lipinski definition) is 9. The van der Waals surface area contributed by atoms with Crippen molar-refractivity contribution in [2.45, 2.75) is 63.2 Å². The molecule has 1 rings (SSSR count). The Labute approximate surface area is 207 Å². The first-order valence-corrected chi connectivity index (χ1v) is 11.1. The van der Waals surface area contributed by atoms with E-state index in [-0.39, 0.29) is 44.6 Å². The number of imidazole rings is 1. The van der Waals surface area contributed by atoms with Crippen molar-refractivity contribution >= 4 is 35.6 Å². The van der Waals surface area contributed by atoms with Crippen LogP contribution in [0.1, 0.15) is 38.3 Å². The number of rotatable bonds is 16. The van der Waals surface area contributed by atoms with E-state index >= 15 is 0 Å². The second-order valence-corrected chi connectivity index (χ2v) is 8.03. The largest absolute Gasteiger partial charge is 0.480 e. The van der Waals surface area contributed by atoms with Gasteiger partial charge in [0.05, 0.1) is 12.4 Å². The normalized spacial score (nSPS) is 13.9. The lowest BCUT2D eigenvalue weighted by atomic mass is 10.1. The summed E-state index contributed by atoms with van der Waals surface area (Å²) in [6.07, 6.45) is 2.95. The maximum atomic E-state index is 12.8. The monoisotopic (exact) mass is 510 g/mol. The van der Waals surface area contributed by atoms with Crippen LogP contribution in [-0.4, -0.2) is 81.3 Å². The van der Waals surface area contributed by atoms with Crippen LogP contribution in [0.4, 0.5) is 0 Å². The number of hydrogen-bond acceptors (Lipinski definition) is 8. The molecule has 1 aromatic heterocycles. The number of guanidine groups is 1. The number of nitrogens with zero attached hydrogens (tertiary/aromatic N) is 2. The number of carbonyl (C=O) groups excluding carboxylic acids is 4. The molecule has 16 nitrogen and oxygen atoms in total. The maximum Gasteiger partial charge on any atom is 0.326 e. The number of nitrogens with one attached hydrogen (secondary N) is 4. The minimum atomic E-state index is -1.40. The van der Waals surface area contributed by atoms with Crippen molar-refractivity contribution in [3.05, 3.63) is 18.2 Å². The third kappa shape index (κ3) is 11.3. The van der Waals surface area contributed by atoms with Crippen molar-refractivity contribution in [3.8, 4) is 0 Å². The molecule has 13 N–H and O–H groups in total. The van der Waals surface area contributed by atoms with Gasteiger partial charge in [0, 0.05) is 31.3 Å². The first kappa shape index (κ1) is 29.8. The number of primary amides is 1. The lowest BCUT2D eigenvalue weighted by molar-refractivity contribution is -0.142. The maximum absolute atomic E-state index is 12.8. The van der Waals surface area contributed by atoms with Gasteiger partial charge in [0.2, 0.25) is 23.6 Å². The van der Waals surface area contributed by atoms with Crippen molar-refractivity contribution in [2.24, 2.45) is 27.9 Å². The van der Waals surface area contributed by atoms with Crippen molar-refractivity contribution in [3.63, 3.8) is 0 Å². The van der Waals surface area contributed by atoms with Gasteiger partial charge in [-0.15, -0.1) is 0 Å². The lowest BCUT2D eigenvalue weighted by Crippen LogP contribution is -2.56. The summed E-state index contributed by atoms with van der Waals surface area (Å²) in [4.78, 5) is 70.8. The van der Waals surface area contributed by atoms with Gasteiger partial charge in [-0.05, 0) is 26.2 Å². The van der Waals surface area contributed by atoms with Gasteiger partial charge in [0.1, 0.15) is 18.1 Å². The summed E-state index contributed by atoms with van der Waals surface area (Å²) < 4.78 is 0. The first-order chi connectivity index (χ1) is 16.9. The van der Waals surface area contributed by atoms with Crippen LogP contribution in [0.5, 0.6) is 0 Å². The van der Waals surface area contributed by atoms with E-state index in [2.05, 4.69) is 30.9 Å². The lowest BCUT2D eigenvalue weighted by Gasteiger charge is -2.23. The zero-order valence-corrected chi connectivity index (χ0v) is 19.9. The quantitative estimate of drug-likeness (QED) is 0.0592. The van der Waals surface area contributed by atoms with Gasteiger partial charge >= 0.3 is 5.97 Å². The molecule has 4 amide bonds. The fourth-order valence-corrected chi connectivity index (χ4v) is 3.00. The molecule has 0 fully saturated rings. The van der Waals surface area contributed by atoms with Gasteiger partial charge in [-0.25, -0.2) is 9.78 Å². The van der Waals surface area contributed by atoms with E-state index in [4.69, 9.17) is 22.9 Å². The van der Waals surface area contributed by atoms with E-state index in [0.29, 0.717) is 5.69 Å². The molecule has 0 aliphatic heterocycles. The highest BCUT2D eigenvalue weighted by Gasteiger charge is 2.28. The molecule has 0 aliphatic carbocycles. The highest BCUT2D eigenvalue weighted by Crippen LogP contribution is 2.04. The van der Waals surface area contributed by atoms with Crippen molar-refractivity contribution in [1.29, 1.82) is 0 Å². The minimum absolute atomic E-state index is 0.0521. The summed E-state index contributed by atoms with van der Waals surface area (Å²) >= 11 is 0. The zero-order chi connectivity index (χ0) is 27.3. The fraction of sp³-hybridized carbons (Fsp3) is 0.550.